The number of aliphatic hydroxyl groups is 1. The number of carboxylic acid groups (broad SMARTS) is 1. The van der Waals surface area contributed by atoms with E-state index in [2.05, 4.69) is 18.2 Å². The number of rotatable bonds is 5. The van der Waals surface area contributed by atoms with Gasteiger partial charge in [-0.2, -0.15) is 0 Å². The van der Waals surface area contributed by atoms with Crippen molar-refractivity contribution in [3.05, 3.63) is 53.6 Å². The van der Waals surface area contributed by atoms with Crippen molar-refractivity contribution in [2.75, 3.05) is 18.1 Å². The number of nitrogens with zero attached hydrogens (tertiary/aromatic N) is 1. The molecule has 1 aliphatic carbocycles. The summed E-state index contributed by atoms with van der Waals surface area (Å²) in [5, 5.41) is 18.8. The lowest BCUT2D eigenvalue weighted by Crippen LogP contribution is -2.44. The van der Waals surface area contributed by atoms with E-state index in [-0.39, 0.29) is 0 Å². The minimum Gasteiger partial charge on any atom is -0.480 e. The van der Waals surface area contributed by atoms with Crippen LogP contribution in [0.4, 0.5) is 5.69 Å². The molecule has 1 atom stereocenters. The number of aliphatic carboxylic acids is 1. The van der Waals surface area contributed by atoms with E-state index in [0.717, 1.165) is 23.2 Å². The normalized spacial score (nSPS) is 13.4. The maximum absolute atomic E-state index is 11.4. The van der Waals surface area contributed by atoms with Crippen LogP contribution in [0, 0.1) is 0 Å². The quantitative estimate of drug-likeness (QED) is 0.760. The first-order valence-corrected chi connectivity index (χ1v) is 7.47. The van der Waals surface area contributed by atoms with Gasteiger partial charge in [0.1, 0.15) is 0 Å². The molecule has 2 aromatic rings. The monoisotopic (exact) mass is 297 g/mol. The Labute approximate surface area is 129 Å². The van der Waals surface area contributed by atoms with Gasteiger partial charge in [-0.1, -0.05) is 36.4 Å². The molecule has 0 aromatic heterocycles. The Morgan fingerprint density at radius 2 is 1.91 bits per heavy atom. The van der Waals surface area contributed by atoms with Crippen molar-refractivity contribution < 1.29 is 15.0 Å². The topological polar surface area (TPSA) is 60.8 Å². The van der Waals surface area contributed by atoms with Gasteiger partial charge in [0.25, 0.3) is 0 Å². The Kier molecular flexibility index (Phi) is 3.86. The van der Waals surface area contributed by atoms with E-state index in [4.69, 9.17) is 0 Å². The molecule has 0 saturated heterocycles. The Hall–Kier alpha value is -2.33. The number of hydrogen-bond acceptors (Lipinski definition) is 3. The highest BCUT2D eigenvalue weighted by molar-refractivity contribution is 5.85. The summed E-state index contributed by atoms with van der Waals surface area (Å²) < 4.78 is 0. The van der Waals surface area contributed by atoms with Crippen molar-refractivity contribution in [2.45, 2.75) is 19.4 Å². The van der Waals surface area contributed by atoms with Gasteiger partial charge in [0.2, 0.25) is 0 Å². The molecule has 4 heteroatoms. The van der Waals surface area contributed by atoms with Gasteiger partial charge in [-0.25, -0.2) is 4.79 Å². The molecule has 0 saturated carbocycles. The van der Waals surface area contributed by atoms with Gasteiger partial charge >= 0.3 is 5.97 Å². The van der Waals surface area contributed by atoms with Gasteiger partial charge in [-0.15, -0.1) is 0 Å². The first-order valence-electron chi connectivity index (χ1n) is 7.47. The number of fused-ring (bicyclic) bond motifs is 3. The van der Waals surface area contributed by atoms with Crippen LogP contribution in [-0.4, -0.2) is 35.4 Å². The summed E-state index contributed by atoms with van der Waals surface area (Å²) in [4.78, 5) is 13.2. The summed E-state index contributed by atoms with van der Waals surface area (Å²) in [7, 11) is 0. The summed E-state index contributed by atoms with van der Waals surface area (Å²) in [6, 6.07) is 13.3. The smallest absolute Gasteiger partial charge is 0.328 e. The van der Waals surface area contributed by atoms with Crippen LogP contribution < -0.4 is 4.90 Å². The Bertz CT molecular complexity index is 711. The van der Waals surface area contributed by atoms with Crippen LogP contribution in [0.5, 0.6) is 0 Å². The van der Waals surface area contributed by atoms with Crippen LogP contribution >= 0.6 is 0 Å². The summed E-state index contributed by atoms with van der Waals surface area (Å²) in [5.74, 6) is -1.00. The lowest BCUT2D eigenvalue weighted by atomic mass is 10.0. The van der Waals surface area contributed by atoms with E-state index < -0.39 is 18.6 Å². The maximum Gasteiger partial charge on any atom is 0.328 e. The second kappa shape index (κ2) is 5.81. The molecule has 0 aliphatic heterocycles. The number of carbonyl (C=O) groups is 1. The lowest BCUT2D eigenvalue weighted by molar-refractivity contribution is -0.139. The molecular weight excluding hydrogens is 278 g/mol. The average molecular weight is 297 g/mol. The molecule has 0 fully saturated rings. The van der Waals surface area contributed by atoms with Crippen LogP contribution in [0.3, 0.4) is 0 Å². The number of anilines is 1. The molecule has 0 heterocycles. The van der Waals surface area contributed by atoms with Gasteiger partial charge in [-0.05, 0) is 35.2 Å². The second-order valence-electron chi connectivity index (χ2n) is 5.46. The fourth-order valence-corrected chi connectivity index (χ4v) is 3.28. The highest BCUT2D eigenvalue weighted by atomic mass is 16.4. The van der Waals surface area contributed by atoms with Gasteiger partial charge in [0, 0.05) is 18.7 Å². The van der Waals surface area contributed by atoms with Gasteiger partial charge in [-0.3, -0.25) is 0 Å². The van der Waals surface area contributed by atoms with Gasteiger partial charge in [0.05, 0.1) is 6.61 Å². The zero-order valence-electron chi connectivity index (χ0n) is 12.5. The first-order chi connectivity index (χ1) is 10.7. The van der Waals surface area contributed by atoms with E-state index in [1.807, 2.05) is 31.2 Å². The SMILES string of the molecule is CCN(c1cccc2c1Cc1ccccc1-2)[C@@H](CO)C(=O)O. The van der Waals surface area contributed by atoms with Crippen molar-refractivity contribution in [1.29, 1.82) is 0 Å². The zero-order chi connectivity index (χ0) is 15.7. The zero-order valence-corrected chi connectivity index (χ0v) is 12.5. The van der Waals surface area contributed by atoms with Crippen LogP contribution in [0.15, 0.2) is 42.5 Å². The molecule has 3 rings (SSSR count). The first kappa shape index (κ1) is 14.6. The lowest BCUT2D eigenvalue weighted by Gasteiger charge is -2.30. The molecule has 1 aliphatic rings. The van der Waals surface area contributed by atoms with E-state index in [1.165, 1.54) is 11.1 Å². The van der Waals surface area contributed by atoms with Crippen molar-refractivity contribution in [3.8, 4) is 11.1 Å². The summed E-state index contributed by atoms with van der Waals surface area (Å²) >= 11 is 0. The number of benzene rings is 2. The van der Waals surface area contributed by atoms with Crippen molar-refractivity contribution in [2.24, 2.45) is 0 Å². The fourth-order valence-electron chi connectivity index (χ4n) is 3.28. The third kappa shape index (κ3) is 2.25. The fraction of sp³-hybridized carbons (Fsp3) is 0.278. The largest absolute Gasteiger partial charge is 0.480 e. The summed E-state index contributed by atoms with van der Waals surface area (Å²) in [6.07, 6.45) is 0.802. The third-order valence-electron chi connectivity index (χ3n) is 4.31. The molecule has 4 nitrogen and oxygen atoms in total. The van der Waals surface area contributed by atoms with Crippen molar-refractivity contribution in [3.63, 3.8) is 0 Å². The summed E-state index contributed by atoms with van der Waals surface area (Å²) in [6.45, 7) is 2.04. The van der Waals surface area contributed by atoms with Crippen molar-refractivity contribution >= 4 is 11.7 Å². The van der Waals surface area contributed by atoms with Crippen LogP contribution in [0.25, 0.3) is 11.1 Å². The number of carboxylic acids is 1. The number of aliphatic hydroxyl groups excluding tert-OH is 1. The molecule has 114 valence electrons. The highest BCUT2D eigenvalue weighted by Gasteiger charge is 2.28. The molecule has 0 radical (unpaired) electrons. The Balaban J connectivity index is 2.09. The standard InChI is InChI=1S/C18H19NO3/c1-2-19(17(11-20)18(21)22)16-9-5-8-14-13-7-4-3-6-12(13)10-15(14)16/h3-9,17,20H,2,10-11H2,1H3,(H,21,22)/t17-/m0/s1. The molecule has 0 spiro atoms. The van der Waals surface area contributed by atoms with E-state index in [0.29, 0.717) is 6.54 Å². The predicted octanol–water partition coefficient (Wildman–Crippen LogP) is 2.53. The third-order valence-corrected chi connectivity index (χ3v) is 4.31. The molecule has 22 heavy (non-hydrogen) atoms. The predicted molar refractivity (Wildman–Crippen MR) is 86.2 cm³/mol. The van der Waals surface area contributed by atoms with E-state index >= 15 is 0 Å². The number of likely N-dealkylation sites (N-methyl/N-ethyl adjacent to an activating group) is 1. The van der Waals surface area contributed by atoms with E-state index in [9.17, 15) is 15.0 Å². The molecule has 2 N–H and O–H groups in total. The average Bonchev–Trinajstić information content (AvgIpc) is 2.91. The minimum absolute atomic E-state index is 0.403. The molecular formula is C18H19NO3. The van der Waals surface area contributed by atoms with Gasteiger partial charge < -0.3 is 15.1 Å². The summed E-state index contributed by atoms with van der Waals surface area (Å²) in [5.41, 5.74) is 5.68. The van der Waals surface area contributed by atoms with E-state index in [1.54, 1.807) is 4.90 Å². The second-order valence-corrected chi connectivity index (χ2v) is 5.46. The maximum atomic E-state index is 11.4. The Morgan fingerprint density at radius 3 is 2.59 bits per heavy atom. The molecule has 0 bridgehead atoms. The van der Waals surface area contributed by atoms with Crippen LogP contribution in [0.2, 0.25) is 0 Å². The minimum atomic E-state index is -1.00. The molecule has 0 unspecified atom stereocenters. The molecule has 2 aromatic carbocycles. The van der Waals surface area contributed by atoms with Crippen LogP contribution in [-0.2, 0) is 11.2 Å². The highest BCUT2D eigenvalue weighted by Crippen LogP contribution is 2.41. The van der Waals surface area contributed by atoms with Crippen LogP contribution in [0.1, 0.15) is 18.1 Å². The number of hydrogen-bond donors (Lipinski definition) is 2. The Morgan fingerprint density at radius 1 is 1.18 bits per heavy atom. The van der Waals surface area contributed by atoms with Crippen molar-refractivity contribution in [1.82, 2.24) is 0 Å². The molecule has 0 amide bonds. The van der Waals surface area contributed by atoms with Gasteiger partial charge in [0.15, 0.2) is 6.04 Å².